The van der Waals surface area contributed by atoms with Crippen LogP contribution in [0.15, 0.2) is 35.3 Å². The van der Waals surface area contributed by atoms with E-state index in [1.807, 2.05) is 25.1 Å². The Balaban J connectivity index is 1.57. The predicted octanol–water partition coefficient (Wildman–Crippen LogP) is 5.10. The van der Waals surface area contributed by atoms with Crippen LogP contribution in [0.1, 0.15) is 46.0 Å². The van der Waals surface area contributed by atoms with Gasteiger partial charge in [-0.15, -0.1) is 0 Å². The zero-order valence-electron chi connectivity index (χ0n) is 20.5. The molecule has 186 valence electrons. The van der Waals surface area contributed by atoms with Crippen molar-refractivity contribution < 1.29 is 9.53 Å². The first-order valence-electron chi connectivity index (χ1n) is 12.2. The zero-order valence-corrected chi connectivity index (χ0v) is 21.3. The summed E-state index contributed by atoms with van der Waals surface area (Å²) < 4.78 is 7.09. The van der Waals surface area contributed by atoms with E-state index in [9.17, 15) is 9.59 Å². The number of ketones is 1. The average Bonchev–Trinajstić information content (AvgIpc) is 2.87. The van der Waals surface area contributed by atoms with Crippen molar-refractivity contribution in [3.63, 3.8) is 0 Å². The number of ether oxygens (including phenoxy) is 1. The highest BCUT2D eigenvalue weighted by atomic mass is 35.5. The van der Waals surface area contributed by atoms with Gasteiger partial charge >= 0.3 is 0 Å². The Labute approximate surface area is 210 Å². The van der Waals surface area contributed by atoms with Crippen molar-refractivity contribution in [3.05, 3.63) is 45.8 Å². The number of piperidine rings is 1. The number of nitrogens with one attached hydrogen (secondary N) is 1. The van der Waals surface area contributed by atoms with Crippen LogP contribution in [-0.4, -0.2) is 40.0 Å². The van der Waals surface area contributed by atoms with Gasteiger partial charge in [0.2, 0.25) is 5.95 Å². The number of nitrogens with zero attached hydrogens (tertiary/aromatic N) is 4. The van der Waals surface area contributed by atoms with Gasteiger partial charge in [-0.25, -0.2) is 4.98 Å². The number of halogens is 1. The Morgan fingerprint density at radius 2 is 2.00 bits per heavy atom. The van der Waals surface area contributed by atoms with Crippen LogP contribution < -0.4 is 20.5 Å². The number of hydrogen-bond acceptors (Lipinski definition) is 7. The molecule has 1 aliphatic rings. The third-order valence-electron chi connectivity index (χ3n) is 6.58. The molecule has 0 saturated carbocycles. The molecule has 1 aliphatic heterocycles. The number of carbonyl (C=O) groups excluding carboxylic acids is 1. The molecule has 0 unspecified atom stereocenters. The molecular weight excluding hydrogens is 466 g/mol. The maximum atomic E-state index is 12.7. The Kier molecular flexibility index (Phi) is 7.90. The Morgan fingerprint density at radius 1 is 1.23 bits per heavy atom. The molecule has 4 rings (SSSR count). The molecule has 3 heterocycles. The molecule has 35 heavy (non-hydrogen) atoms. The van der Waals surface area contributed by atoms with Crippen LogP contribution in [0, 0.1) is 5.92 Å². The Hall–Kier alpha value is -3.13. The minimum atomic E-state index is -0.280. The van der Waals surface area contributed by atoms with Gasteiger partial charge in [0.05, 0.1) is 11.7 Å². The third kappa shape index (κ3) is 5.75. The lowest BCUT2D eigenvalue weighted by atomic mass is 9.95. The number of benzene rings is 1. The van der Waals surface area contributed by atoms with E-state index in [1.165, 1.54) is 11.0 Å². The minimum absolute atomic E-state index is 0.0294. The lowest BCUT2D eigenvalue weighted by molar-refractivity contribution is -0.121. The number of anilines is 3. The summed E-state index contributed by atoms with van der Waals surface area (Å²) in [6.45, 7) is 5.94. The number of aryl methyl sites for hydroxylation is 1. The van der Waals surface area contributed by atoms with Crippen molar-refractivity contribution in [1.29, 1.82) is 0 Å². The first-order chi connectivity index (χ1) is 16.9. The van der Waals surface area contributed by atoms with Crippen LogP contribution in [0.4, 0.5) is 17.5 Å². The second-order valence-corrected chi connectivity index (χ2v) is 9.46. The maximum Gasteiger partial charge on any atom is 0.293 e. The standard InChI is InChI=1S/C26H32ClN5O3/c1-4-6-20(33)16-35-23-14-18-13-19(7-8-22(18)31(3)25(23)34)29-24-21(27)15-28-26(30-24)32-11-9-17(5-2)10-12-32/h7-8,13-15,17H,4-6,9-12,16H2,1-3H3,(H,28,29,30). The van der Waals surface area contributed by atoms with Gasteiger partial charge in [-0.3, -0.25) is 9.59 Å². The third-order valence-corrected chi connectivity index (χ3v) is 6.85. The van der Waals surface area contributed by atoms with Crippen LogP contribution in [-0.2, 0) is 11.8 Å². The topological polar surface area (TPSA) is 89.3 Å². The highest BCUT2D eigenvalue weighted by Gasteiger charge is 2.20. The van der Waals surface area contributed by atoms with E-state index in [4.69, 9.17) is 21.3 Å². The van der Waals surface area contributed by atoms with E-state index in [2.05, 4.69) is 22.1 Å². The minimum Gasteiger partial charge on any atom is -0.480 e. The van der Waals surface area contributed by atoms with Crippen molar-refractivity contribution in [2.75, 3.05) is 29.9 Å². The molecule has 1 aromatic carbocycles. The van der Waals surface area contributed by atoms with Gasteiger partial charge in [0.25, 0.3) is 5.56 Å². The number of Topliss-reactive ketones (excluding diaryl/α,β-unsaturated/α-hetero) is 1. The molecule has 1 N–H and O–H groups in total. The van der Waals surface area contributed by atoms with Crippen LogP contribution in [0.2, 0.25) is 5.02 Å². The molecule has 0 atom stereocenters. The molecular formula is C26H32ClN5O3. The second kappa shape index (κ2) is 11.1. The summed E-state index contributed by atoms with van der Waals surface area (Å²) >= 11 is 6.41. The summed E-state index contributed by atoms with van der Waals surface area (Å²) in [6, 6.07) is 7.31. The van der Waals surface area contributed by atoms with Gasteiger partial charge < -0.3 is 19.5 Å². The largest absolute Gasteiger partial charge is 0.480 e. The first kappa shape index (κ1) is 25.0. The summed E-state index contributed by atoms with van der Waals surface area (Å²) in [5, 5.41) is 4.51. The molecule has 0 amide bonds. The van der Waals surface area contributed by atoms with E-state index < -0.39 is 0 Å². The summed E-state index contributed by atoms with van der Waals surface area (Å²) in [7, 11) is 1.69. The van der Waals surface area contributed by atoms with Gasteiger partial charge in [0, 0.05) is 37.6 Å². The SMILES string of the molecule is CCCC(=O)COc1cc2cc(Nc3nc(N4CCC(CC)CC4)ncc3Cl)ccc2n(C)c1=O. The summed E-state index contributed by atoms with van der Waals surface area (Å²) in [6.07, 6.45) is 6.29. The summed E-state index contributed by atoms with van der Waals surface area (Å²) in [5.74, 6) is 2.09. The van der Waals surface area contributed by atoms with E-state index in [0.29, 0.717) is 23.2 Å². The fourth-order valence-corrected chi connectivity index (χ4v) is 4.56. The van der Waals surface area contributed by atoms with Gasteiger partial charge in [0.1, 0.15) is 11.6 Å². The van der Waals surface area contributed by atoms with Gasteiger partial charge in [-0.2, -0.15) is 4.98 Å². The van der Waals surface area contributed by atoms with Gasteiger partial charge in [0.15, 0.2) is 17.4 Å². The number of carbonyl (C=O) groups is 1. The predicted molar refractivity (Wildman–Crippen MR) is 140 cm³/mol. The Bertz CT molecular complexity index is 1270. The van der Waals surface area contributed by atoms with Crippen molar-refractivity contribution in [2.45, 2.75) is 46.0 Å². The molecule has 0 radical (unpaired) electrons. The van der Waals surface area contributed by atoms with E-state index in [0.717, 1.165) is 54.9 Å². The number of hydrogen-bond donors (Lipinski definition) is 1. The van der Waals surface area contributed by atoms with E-state index in [1.54, 1.807) is 19.3 Å². The fourth-order valence-electron chi connectivity index (χ4n) is 4.42. The number of rotatable bonds is 9. The highest BCUT2D eigenvalue weighted by molar-refractivity contribution is 6.32. The maximum absolute atomic E-state index is 12.7. The fraction of sp³-hybridized carbons (Fsp3) is 0.462. The van der Waals surface area contributed by atoms with Crippen LogP contribution in [0.5, 0.6) is 5.75 Å². The number of aromatic nitrogens is 3. The highest BCUT2D eigenvalue weighted by Crippen LogP contribution is 2.29. The van der Waals surface area contributed by atoms with Crippen molar-refractivity contribution in [2.24, 2.45) is 13.0 Å². The number of fused-ring (bicyclic) bond motifs is 1. The summed E-state index contributed by atoms with van der Waals surface area (Å²) in [4.78, 5) is 35.9. The summed E-state index contributed by atoms with van der Waals surface area (Å²) in [5.41, 5.74) is 1.24. The number of pyridine rings is 1. The molecule has 0 spiro atoms. The molecule has 0 bridgehead atoms. The smallest absolute Gasteiger partial charge is 0.293 e. The lowest BCUT2D eigenvalue weighted by Gasteiger charge is -2.31. The molecule has 1 saturated heterocycles. The molecule has 1 fully saturated rings. The van der Waals surface area contributed by atoms with Gasteiger partial charge in [-0.1, -0.05) is 31.9 Å². The molecule has 8 nitrogen and oxygen atoms in total. The van der Waals surface area contributed by atoms with Crippen molar-refractivity contribution >= 4 is 45.7 Å². The monoisotopic (exact) mass is 497 g/mol. The lowest BCUT2D eigenvalue weighted by Crippen LogP contribution is -2.34. The first-order valence-corrected chi connectivity index (χ1v) is 12.6. The molecule has 9 heteroatoms. The normalized spacial score (nSPS) is 14.3. The van der Waals surface area contributed by atoms with Crippen molar-refractivity contribution in [1.82, 2.24) is 14.5 Å². The van der Waals surface area contributed by atoms with E-state index in [-0.39, 0.29) is 23.7 Å². The second-order valence-electron chi connectivity index (χ2n) is 9.05. The van der Waals surface area contributed by atoms with Crippen LogP contribution >= 0.6 is 11.6 Å². The van der Waals surface area contributed by atoms with Crippen LogP contribution in [0.3, 0.4) is 0 Å². The molecule has 3 aromatic rings. The van der Waals surface area contributed by atoms with Crippen molar-refractivity contribution in [3.8, 4) is 5.75 Å². The van der Waals surface area contributed by atoms with E-state index >= 15 is 0 Å². The molecule has 2 aromatic heterocycles. The molecule has 0 aliphatic carbocycles. The zero-order chi connectivity index (χ0) is 24.9. The van der Waals surface area contributed by atoms with Crippen LogP contribution in [0.25, 0.3) is 10.9 Å². The Morgan fingerprint density at radius 3 is 2.71 bits per heavy atom. The average molecular weight is 498 g/mol. The quantitative estimate of drug-likeness (QED) is 0.440. The van der Waals surface area contributed by atoms with Gasteiger partial charge in [-0.05, 0) is 49.4 Å².